The average Bonchev–Trinajstić information content (AvgIpc) is 2.78. The summed E-state index contributed by atoms with van der Waals surface area (Å²) >= 11 is 1.54. The minimum Gasteiger partial charge on any atom is -0.386 e. The molecule has 2 rings (SSSR count). The maximum atomic E-state index is 10.3. The smallest absolute Gasteiger partial charge is 0.105 e. The second-order valence-electron chi connectivity index (χ2n) is 3.99. The van der Waals surface area contributed by atoms with Gasteiger partial charge in [0.25, 0.3) is 0 Å². The third kappa shape index (κ3) is 2.72. The van der Waals surface area contributed by atoms with Crippen molar-refractivity contribution < 1.29 is 5.11 Å². The number of thiazole rings is 1. The maximum absolute atomic E-state index is 10.3. The van der Waals surface area contributed by atoms with Gasteiger partial charge in [0, 0.05) is 17.8 Å². The van der Waals surface area contributed by atoms with E-state index in [4.69, 9.17) is 5.73 Å². The van der Waals surface area contributed by atoms with Crippen LogP contribution in [0.1, 0.15) is 28.3 Å². The van der Waals surface area contributed by atoms with Gasteiger partial charge < -0.3 is 10.8 Å². The summed E-state index contributed by atoms with van der Waals surface area (Å²) in [5.74, 6) is -0.0994. The van der Waals surface area contributed by atoms with Gasteiger partial charge in [0.15, 0.2) is 0 Å². The number of aromatic nitrogens is 1. The fourth-order valence-corrected chi connectivity index (χ4v) is 2.51. The molecule has 0 amide bonds. The molecule has 3 nitrogen and oxygen atoms in total. The van der Waals surface area contributed by atoms with Crippen molar-refractivity contribution in [2.24, 2.45) is 5.73 Å². The molecule has 90 valence electrons. The Kier molecular flexibility index (Phi) is 3.89. The molecule has 0 aliphatic heterocycles. The third-order valence-electron chi connectivity index (χ3n) is 2.80. The summed E-state index contributed by atoms with van der Waals surface area (Å²) in [6.45, 7) is 2.34. The first-order chi connectivity index (χ1) is 8.22. The van der Waals surface area contributed by atoms with E-state index in [0.717, 1.165) is 10.6 Å². The standard InChI is InChI=1S/C13H16N2OS/c1-9-15-12(8-17-9)13(16)11(7-14)10-5-3-2-4-6-10/h2-6,8,11,13,16H,7,14H2,1H3. The number of nitrogens with two attached hydrogens (primary N) is 1. The molecule has 4 heteroatoms. The summed E-state index contributed by atoms with van der Waals surface area (Å²) in [4.78, 5) is 4.32. The van der Waals surface area contributed by atoms with Crippen molar-refractivity contribution in [3.63, 3.8) is 0 Å². The molecule has 0 saturated carbocycles. The predicted molar refractivity (Wildman–Crippen MR) is 70.0 cm³/mol. The van der Waals surface area contributed by atoms with Crippen LogP contribution in [0.5, 0.6) is 0 Å². The van der Waals surface area contributed by atoms with Crippen LogP contribution in [0.25, 0.3) is 0 Å². The van der Waals surface area contributed by atoms with Crippen molar-refractivity contribution in [3.8, 4) is 0 Å². The molecule has 0 bridgehead atoms. The van der Waals surface area contributed by atoms with E-state index < -0.39 is 6.10 Å². The fraction of sp³-hybridized carbons (Fsp3) is 0.308. The third-order valence-corrected chi connectivity index (χ3v) is 3.59. The molecule has 3 N–H and O–H groups in total. The lowest BCUT2D eigenvalue weighted by molar-refractivity contribution is 0.143. The van der Waals surface area contributed by atoms with Crippen LogP contribution in [-0.4, -0.2) is 16.6 Å². The zero-order chi connectivity index (χ0) is 12.3. The number of benzene rings is 1. The summed E-state index contributed by atoms with van der Waals surface area (Å²) in [6.07, 6.45) is -0.632. The van der Waals surface area contributed by atoms with Crippen molar-refractivity contribution in [3.05, 3.63) is 52.0 Å². The lowest BCUT2D eigenvalue weighted by Gasteiger charge is -2.20. The van der Waals surface area contributed by atoms with Crippen LogP contribution in [0.15, 0.2) is 35.7 Å². The Hall–Kier alpha value is -1.23. The van der Waals surface area contributed by atoms with E-state index in [1.165, 1.54) is 0 Å². The molecule has 0 aliphatic rings. The van der Waals surface area contributed by atoms with Crippen LogP contribution in [0, 0.1) is 6.92 Å². The first-order valence-corrected chi connectivity index (χ1v) is 6.45. The molecule has 1 aromatic carbocycles. The molecule has 2 atom stereocenters. The van der Waals surface area contributed by atoms with Crippen molar-refractivity contribution in [2.75, 3.05) is 6.54 Å². The van der Waals surface area contributed by atoms with Crippen molar-refractivity contribution in [1.82, 2.24) is 4.98 Å². The minimum absolute atomic E-state index is 0.0994. The molecule has 0 aliphatic carbocycles. The number of aliphatic hydroxyl groups excluding tert-OH is 1. The molecule has 2 aromatic rings. The Labute approximate surface area is 105 Å². The number of rotatable bonds is 4. The largest absolute Gasteiger partial charge is 0.386 e. The zero-order valence-electron chi connectivity index (χ0n) is 9.71. The second kappa shape index (κ2) is 5.40. The van der Waals surface area contributed by atoms with Crippen LogP contribution >= 0.6 is 11.3 Å². The summed E-state index contributed by atoms with van der Waals surface area (Å²) in [7, 11) is 0. The van der Waals surface area contributed by atoms with E-state index >= 15 is 0 Å². The van der Waals surface area contributed by atoms with Crippen molar-refractivity contribution in [1.29, 1.82) is 0 Å². The van der Waals surface area contributed by atoms with Gasteiger partial charge in [-0.2, -0.15) is 0 Å². The number of hydrogen-bond donors (Lipinski definition) is 2. The van der Waals surface area contributed by atoms with Gasteiger partial charge in [-0.1, -0.05) is 30.3 Å². The van der Waals surface area contributed by atoms with Gasteiger partial charge in [0.1, 0.15) is 6.10 Å². The van der Waals surface area contributed by atoms with Gasteiger partial charge in [-0.05, 0) is 12.5 Å². The zero-order valence-corrected chi connectivity index (χ0v) is 10.5. The van der Waals surface area contributed by atoms with Gasteiger partial charge in [0.2, 0.25) is 0 Å². The summed E-state index contributed by atoms with van der Waals surface area (Å²) < 4.78 is 0. The van der Waals surface area contributed by atoms with Crippen molar-refractivity contribution in [2.45, 2.75) is 18.9 Å². The number of aryl methyl sites for hydroxylation is 1. The molecule has 17 heavy (non-hydrogen) atoms. The minimum atomic E-state index is -0.632. The van der Waals surface area contributed by atoms with Crippen LogP contribution in [0.4, 0.5) is 0 Å². The quantitative estimate of drug-likeness (QED) is 0.872. The molecule has 1 aromatic heterocycles. The normalized spacial score (nSPS) is 14.5. The molecule has 1 heterocycles. The Morgan fingerprint density at radius 3 is 2.59 bits per heavy atom. The summed E-state index contributed by atoms with van der Waals surface area (Å²) in [5.41, 5.74) is 7.53. The van der Waals surface area contributed by atoms with Crippen LogP contribution in [0.3, 0.4) is 0 Å². The SMILES string of the molecule is Cc1nc(C(O)C(CN)c2ccccc2)cs1. The molecule has 2 unspecified atom stereocenters. The summed E-state index contributed by atoms with van der Waals surface area (Å²) in [5, 5.41) is 13.2. The molecule has 0 saturated heterocycles. The highest BCUT2D eigenvalue weighted by atomic mass is 32.1. The van der Waals surface area contributed by atoms with Gasteiger partial charge in [-0.15, -0.1) is 11.3 Å². The van der Waals surface area contributed by atoms with Crippen LogP contribution in [0.2, 0.25) is 0 Å². The van der Waals surface area contributed by atoms with E-state index in [1.807, 2.05) is 42.6 Å². The first kappa shape index (κ1) is 12.2. The molecule has 0 radical (unpaired) electrons. The number of aliphatic hydroxyl groups is 1. The Morgan fingerprint density at radius 1 is 1.35 bits per heavy atom. The predicted octanol–water partition coefficient (Wildman–Crippen LogP) is 2.23. The Bertz CT molecular complexity index is 469. The van der Waals surface area contributed by atoms with Gasteiger partial charge in [-0.3, -0.25) is 0 Å². The molecular weight excluding hydrogens is 232 g/mol. The first-order valence-electron chi connectivity index (χ1n) is 5.57. The number of hydrogen-bond acceptors (Lipinski definition) is 4. The van der Waals surface area contributed by atoms with Gasteiger partial charge in [0.05, 0.1) is 10.7 Å². The summed E-state index contributed by atoms with van der Waals surface area (Å²) in [6, 6.07) is 9.84. The number of nitrogens with zero attached hydrogens (tertiary/aromatic N) is 1. The molecule has 0 fully saturated rings. The van der Waals surface area contributed by atoms with Crippen LogP contribution in [-0.2, 0) is 0 Å². The van der Waals surface area contributed by atoms with E-state index in [-0.39, 0.29) is 5.92 Å². The molecular formula is C13H16N2OS. The van der Waals surface area contributed by atoms with E-state index in [2.05, 4.69) is 4.98 Å². The second-order valence-corrected chi connectivity index (χ2v) is 5.05. The highest BCUT2D eigenvalue weighted by molar-refractivity contribution is 7.09. The van der Waals surface area contributed by atoms with E-state index in [9.17, 15) is 5.11 Å². The lowest BCUT2D eigenvalue weighted by atomic mass is 9.92. The average molecular weight is 248 g/mol. The molecule has 0 spiro atoms. The van der Waals surface area contributed by atoms with E-state index in [1.54, 1.807) is 11.3 Å². The Morgan fingerprint density at radius 2 is 2.06 bits per heavy atom. The monoisotopic (exact) mass is 248 g/mol. The van der Waals surface area contributed by atoms with Crippen LogP contribution < -0.4 is 5.73 Å². The topological polar surface area (TPSA) is 59.1 Å². The van der Waals surface area contributed by atoms with Gasteiger partial charge >= 0.3 is 0 Å². The Balaban J connectivity index is 2.25. The fourth-order valence-electron chi connectivity index (χ4n) is 1.87. The maximum Gasteiger partial charge on any atom is 0.105 e. The van der Waals surface area contributed by atoms with E-state index in [0.29, 0.717) is 12.2 Å². The highest BCUT2D eigenvalue weighted by Gasteiger charge is 2.23. The lowest BCUT2D eigenvalue weighted by Crippen LogP contribution is -2.20. The van der Waals surface area contributed by atoms with Gasteiger partial charge in [-0.25, -0.2) is 4.98 Å². The van der Waals surface area contributed by atoms with Crippen molar-refractivity contribution >= 4 is 11.3 Å². The highest BCUT2D eigenvalue weighted by Crippen LogP contribution is 2.30.